The molecule has 22 heavy (non-hydrogen) atoms. The number of hydrogen-bond acceptors (Lipinski definition) is 1. The second-order valence-corrected chi connectivity index (χ2v) is 7.10. The Morgan fingerprint density at radius 2 is 1.86 bits per heavy atom. The van der Waals surface area contributed by atoms with E-state index in [1.165, 1.54) is 17.7 Å². The minimum Gasteiger partial charge on any atom is -0.318 e. The van der Waals surface area contributed by atoms with Gasteiger partial charge < -0.3 is 5.32 Å². The average Bonchev–Trinajstić information content (AvgIpc) is 2.41. The van der Waals surface area contributed by atoms with E-state index in [0.29, 0.717) is 4.47 Å². The van der Waals surface area contributed by atoms with Crippen LogP contribution in [-0.2, 0) is 16.8 Å². The molecule has 1 aromatic carbocycles. The Labute approximate surface area is 138 Å². The molecule has 1 amide bonds. The van der Waals surface area contributed by atoms with E-state index in [1.54, 1.807) is 10.6 Å². The number of amides is 1. The van der Waals surface area contributed by atoms with Crippen LogP contribution in [-0.4, -0.2) is 5.91 Å². The van der Waals surface area contributed by atoms with Gasteiger partial charge in [0.2, 0.25) is 6.54 Å². The van der Waals surface area contributed by atoms with Gasteiger partial charge in [-0.25, -0.2) is 4.39 Å². The Hall–Kier alpha value is -1.75. The monoisotopic (exact) mass is 365 g/mol. The molecule has 0 saturated carbocycles. The molecule has 1 heterocycles. The number of pyridine rings is 1. The van der Waals surface area contributed by atoms with Crippen molar-refractivity contribution in [3.8, 4) is 0 Å². The maximum absolute atomic E-state index is 13.7. The lowest BCUT2D eigenvalue weighted by Crippen LogP contribution is -2.40. The molecule has 0 aliphatic heterocycles. The number of anilines is 1. The molecule has 0 aliphatic carbocycles. The van der Waals surface area contributed by atoms with Crippen LogP contribution in [0.5, 0.6) is 0 Å². The van der Waals surface area contributed by atoms with E-state index < -0.39 is 5.82 Å². The van der Waals surface area contributed by atoms with Gasteiger partial charge >= 0.3 is 0 Å². The molecular formula is C17H19BrFN2O+. The van der Waals surface area contributed by atoms with Crippen LogP contribution in [0.3, 0.4) is 0 Å². The highest BCUT2D eigenvalue weighted by Gasteiger charge is 2.16. The van der Waals surface area contributed by atoms with Crippen LogP contribution in [0, 0.1) is 5.82 Å². The summed E-state index contributed by atoms with van der Waals surface area (Å²) in [6, 6.07) is 8.52. The van der Waals surface area contributed by atoms with Gasteiger partial charge in [0.15, 0.2) is 12.4 Å². The largest absolute Gasteiger partial charge is 0.318 e. The number of benzene rings is 1. The van der Waals surface area contributed by atoms with Crippen molar-refractivity contribution in [1.82, 2.24) is 0 Å². The summed E-state index contributed by atoms with van der Waals surface area (Å²) in [5.74, 6) is -0.731. The molecule has 1 N–H and O–H groups in total. The SMILES string of the molecule is CC(C)(C)c1cc[n+](CC(=O)Nc2ccc(Br)cc2F)cc1. The Morgan fingerprint density at radius 1 is 1.23 bits per heavy atom. The summed E-state index contributed by atoms with van der Waals surface area (Å²) in [6.45, 7) is 6.54. The van der Waals surface area contributed by atoms with Crippen molar-refractivity contribution in [3.63, 3.8) is 0 Å². The fourth-order valence-corrected chi connectivity index (χ4v) is 2.34. The number of aromatic nitrogens is 1. The first-order valence-electron chi connectivity index (χ1n) is 7.00. The van der Waals surface area contributed by atoms with Gasteiger partial charge in [-0.05, 0) is 29.2 Å². The molecule has 0 radical (unpaired) electrons. The van der Waals surface area contributed by atoms with Crippen LogP contribution in [0.2, 0.25) is 0 Å². The van der Waals surface area contributed by atoms with Crippen LogP contribution >= 0.6 is 15.9 Å². The third-order valence-corrected chi connectivity index (χ3v) is 3.78. The predicted molar refractivity (Wildman–Crippen MR) is 88.1 cm³/mol. The number of nitrogens with zero attached hydrogens (tertiary/aromatic N) is 1. The second-order valence-electron chi connectivity index (χ2n) is 6.18. The normalized spacial score (nSPS) is 11.3. The molecule has 1 aromatic heterocycles. The van der Waals surface area contributed by atoms with E-state index in [1.807, 2.05) is 24.5 Å². The number of hydrogen-bond donors (Lipinski definition) is 1. The lowest BCUT2D eigenvalue weighted by Gasteiger charge is -2.17. The van der Waals surface area contributed by atoms with Crippen molar-refractivity contribution < 1.29 is 13.8 Å². The molecule has 0 saturated heterocycles. The summed E-state index contributed by atoms with van der Waals surface area (Å²) in [4.78, 5) is 12.0. The average molecular weight is 366 g/mol. The highest BCUT2D eigenvalue weighted by atomic mass is 79.9. The molecule has 2 rings (SSSR count). The topological polar surface area (TPSA) is 33.0 Å². The Kier molecular flexibility index (Phi) is 4.96. The first-order chi connectivity index (χ1) is 10.3. The molecule has 0 atom stereocenters. The molecule has 5 heteroatoms. The third-order valence-electron chi connectivity index (χ3n) is 3.29. The molecule has 3 nitrogen and oxygen atoms in total. The van der Waals surface area contributed by atoms with E-state index in [4.69, 9.17) is 0 Å². The van der Waals surface area contributed by atoms with E-state index in [2.05, 4.69) is 42.0 Å². The quantitative estimate of drug-likeness (QED) is 0.824. The summed E-state index contributed by atoms with van der Waals surface area (Å²) in [5, 5.41) is 2.58. The fraction of sp³-hybridized carbons (Fsp3) is 0.294. The van der Waals surface area contributed by atoms with Crippen LogP contribution in [0.1, 0.15) is 26.3 Å². The van der Waals surface area contributed by atoms with Crippen molar-refractivity contribution in [2.45, 2.75) is 32.7 Å². The maximum Gasteiger partial charge on any atom is 0.290 e. The van der Waals surface area contributed by atoms with Crippen molar-refractivity contribution in [1.29, 1.82) is 0 Å². The summed E-state index contributed by atoms with van der Waals surface area (Å²) < 4.78 is 16.1. The summed E-state index contributed by atoms with van der Waals surface area (Å²) in [7, 11) is 0. The van der Waals surface area contributed by atoms with E-state index >= 15 is 0 Å². The number of carbonyl (C=O) groups excluding carboxylic acids is 1. The van der Waals surface area contributed by atoms with E-state index in [-0.39, 0.29) is 23.6 Å². The van der Waals surface area contributed by atoms with Gasteiger partial charge in [-0.1, -0.05) is 36.7 Å². The molecule has 0 bridgehead atoms. The lowest BCUT2D eigenvalue weighted by molar-refractivity contribution is -0.684. The van der Waals surface area contributed by atoms with Gasteiger partial charge in [0.25, 0.3) is 5.91 Å². The first kappa shape index (κ1) is 16.6. The van der Waals surface area contributed by atoms with Gasteiger partial charge in [-0.15, -0.1) is 0 Å². The third kappa shape index (κ3) is 4.37. The van der Waals surface area contributed by atoms with Crippen molar-refractivity contribution >= 4 is 27.5 Å². The zero-order valence-corrected chi connectivity index (χ0v) is 14.4. The van der Waals surface area contributed by atoms with Crippen LogP contribution in [0.4, 0.5) is 10.1 Å². The predicted octanol–water partition coefficient (Wildman–Crippen LogP) is 3.81. The Balaban J connectivity index is 2.03. The highest BCUT2D eigenvalue weighted by molar-refractivity contribution is 9.10. The zero-order chi connectivity index (χ0) is 16.3. The van der Waals surface area contributed by atoms with Gasteiger partial charge in [0.05, 0.1) is 5.69 Å². The van der Waals surface area contributed by atoms with E-state index in [9.17, 15) is 9.18 Å². The molecule has 116 valence electrons. The number of carbonyl (C=O) groups is 1. The smallest absolute Gasteiger partial charge is 0.290 e. The number of rotatable bonds is 3. The number of nitrogens with one attached hydrogen (secondary N) is 1. The minimum absolute atomic E-state index is 0.0713. The van der Waals surface area contributed by atoms with Crippen LogP contribution in [0.25, 0.3) is 0 Å². The molecule has 0 unspecified atom stereocenters. The Morgan fingerprint density at radius 3 is 2.41 bits per heavy atom. The molecule has 0 aliphatic rings. The summed E-state index contributed by atoms with van der Waals surface area (Å²) >= 11 is 3.18. The van der Waals surface area contributed by atoms with Gasteiger partial charge in [0.1, 0.15) is 5.82 Å². The molecule has 0 spiro atoms. The first-order valence-corrected chi connectivity index (χ1v) is 7.79. The molecule has 0 fully saturated rings. The molecular weight excluding hydrogens is 347 g/mol. The van der Waals surface area contributed by atoms with Crippen molar-refractivity contribution in [2.75, 3.05) is 5.32 Å². The minimum atomic E-state index is -0.462. The van der Waals surface area contributed by atoms with Gasteiger partial charge in [-0.3, -0.25) is 4.79 Å². The van der Waals surface area contributed by atoms with E-state index in [0.717, 1.165) is 0 Å². The molecule has 2 aromatic rings. The summed E-state index contributed by atoms with van der Waals surface area (Å²) in [6.07, 6.45) is 3.72. The van der Waals surface area contributed by atoms with Crippen LogP contribution < -0.4 is 9.88 Å². The van der Waals surface area contributed by atoms with Crippen LogP contribution in [0.15, 0.2) is 47.2 Å². The standard InChI is InChI=1S/C17H18BrFN2O/c1-17(2,3)12-6-8-21(9-7-12)11-16(22)20-15-5-4-13(18)10-14(15)19/h4-10H,11H2,1-3H3/p+1. The Bertz CT molecular complexity index is 678. The van der Waals surface area contributed by atoms with Gasteiger partial charge in [-0.2, -0.15) is 4.57 Å². The second kappa shape index (κ2) is 6.57. The maximum atomic E-state index is 13.7. The lowest BCUT2D eigenvalue weighted by atomic mass is 9.88. The summed E-state index contributed by atoms with van der Waals surface area (Å²) in [5.41, 5.74) is 1.45. The number of halogens is 2. The highest BCUT2D eigenvalue weighted by Crippen LogP contribution is 2.20. The van der Waals surface area contributed by atoms with Gasteiger partial charge in [0, 0.05) is 16.6 Å². The van der Waals surface area contributed by atoms with Crippen molar-refractivity contribution in [3.05, 3.63) is 58.6 Å². The van der Waals surface area contributed by atoms with Crippen molar-refractivity contribution in [2.24, 2.45) is 0 Å². The zero-order valence-electron chi connectivity index (χ0n) is 12.9. The fourth-order valence-electron chi connectivity index (χ4n) is 2.01.